The molecular weight excluding hydrogens is 675 g/mol. The fraction of sp³-hybridized carbons (Fsp3) is 0.211. The minimum absolute atomic E-state index is 0.00191. The average molecular weight is 706 g/mol. The van der Waals surface area contributed by atoms with Crippen molar-refractivity contribution in [3.05, 3.63) is 116 Å². The molecule has 8 rings (SSSR count). The molecule has 2 fully saturated rings. The highest BCUT2D eigenvalue weighted by atomic mass is 35.5. The van der Waals surface area contributed by atoms with E-state index in [0.29, 0.717) is 70.9 Å². The van der Waals surface area contributed by atoms with Crippen LogP contribution < -0.4 is 21.8 Å². The summed E-state index contributed by atoms with van der Waals surface area (Å²) < 4.78 is 3.31. The van der Waals surface area contributed by atoms with Gasteiger partial charge in [-0.05, 0) is 48.2 Å². The molecule has 12 heteroatoms. The quantitative estimate of drug-likeness (QED) is 0.211. The van der Waals surface area contributed by atoms with Crippen LogP contribution in [-0.2, 0) is 22.7 Å². The number of hydrogen-bond donors (Lipinski definition) is 2. The van der Waals surface area contributed by atoms with Gasteiger partial charge in [0, 0.05) is 60.3 Å². The lowest BCUT2D eigenvalue weighted by Crippen LogP contribution is -2.34. The van der Waals surface area contributed by atoms with Crippen molar-refractivity contribution in [2.24, 2.45) is 0 Å². The fourth-order valence-corrected chi connectivity index (χ4v) is 7.72. The Kier molecular flexibility index (Phi) is 8.20. The molecule has 0 radical (unpaired) electrons. The molecule has 4 aromatic carbocycles. The van der Waals surface area contributed by atoms with Gasteiger partial charge >= 0.3 is 0 Å². The molecule has 2 aromatic heterocycles. The van der Waals surface area contributed by atoms with E-state index in [9.17, 15) is 19.2 Å². The lowest BCUT2D eigenvalue weighted by Gasteiger charge is -2.17. The molecule has 0 saturated carbocycles. The van der Waals surface area contributed by atoms with Gasteiger partial charge in [-0.2, -0.15) is 0 Å². The second-order valence-corrected chi connectivity index (χ2v) is 13.5. The van der Waals surface area contributed by atoms with Crippen molar-refractivity contribution in [1.82, 2.24) is 29.7 Å². The van der Waals surface area contributed by atoms with E-state index in [1.165, 1.54) is 12.4 Å². The Morgan fingerprint density at radius 1 is 0.600 bits per heavy atom. The number of halogens is 2. The smallest absolute Gasteiger partial charge is 0.269 e. The number of carbonyl (C=O) groups is 2. The molecule has 2 N–H and O–H groups in total. The summed E-state index contributed by atoms with van der Waals surface area (Å²) in [6.07, 6.45) is 4.90. The summed E-state index contributed by atoms with van der Waals surface area (Å²) >= 11 is 14.3. The van der Waals surface area contributed by atoms with Crippen LogP contribution in [0.4, 0.5) is 0 Å². The van der Waals surface area contributed by atoms with E-state index in [0.717, 1.165) is 33.4 Å². The predicted molar refractivity (Wildman–Crippen MR) is 194 cm³/mol. The summed E-state index contributed by atoms with van der Waals surface area (Å²) in [5.41, 5.74) is 6.88. The first-order valence-corrected chi connectivity index (χ1v) is 17.1. The number of carbonyl (C=O) groups excluding carboxylic acids is 2. The molecule has 250 valence electrons. The standard InChI is InChI=1S/C38H30Cl2N6O4/c39-37-25(21-7-11-31-29(15-21)41-17-35(49)45(31)19-23-9-13-33(47)43-23)3-1-5-27(37)28-6-2-4-26(38(28)40)22-8-12-32-30(16-22)42-18-36(50)46(32)20-24-10-14-34(48)44-24/h1-8,11-12,15-18,23-24H,9-10,13-14,19-20H2,(H,43,47)(H,44,48)/t23-,24-/m0/s1. The molecule has 2 atom stereocenters. The molecule has 2 amide bonds. The van der Waals surface area contributed by atoms with Crippen LogP contribution in [0.25, 0.3) is 55.4 Å². The second kappa shape index (κ2) is 12.9. The van der Waals surface area contributed by atoms with Gasteiger partial charge in [0.15, 0.2) is 0 Å². The van der Waals surface area contributed by atoms with E-state index in [2.05, 4.69) is 20.6 Å². The molecule has 10 nitrogen and oxygen atoms in total. The van der Waals surface area contributed by atoms with Crippen molar-refractivity contribution in [3.63, 3.8) is 0 Å². The van der Waals surface area contributed by atoms with Crippen molar-refractivity contribution < 1.29 is 9.59 Å². The van der Waals surface area contributed by atoms with Crippen LogP contribution in [0, 0.1) is 0 Å². The molecule has 0 aliphatic carbocycles. The Balaban J connectivity index is 1.13. The van der Waals surface area contributed by atoms with Crippen LogP contribution in [0.5, 0.6) is 0 Å². The Morgan fingerprint density at radius 2 is 1.02 bits per heavy atom. The fourth-order valence-electron chi connectivity index (χ4n) is 7.04. The maximum Gasteiger partial charge on any atom is 0.269 e. The molecule has 50 heavy (non-hydrogen) atoms. The number of fused-ring (bicyclic) bond motifs is 2. The van der Waals surface area contributed by atoms with Gasteiger partial charge in [0.25, 0.3) is 11.1 Å². The molecular formula is C38H30Cl2N6O4. The summed E-state index contributed by atoms with van der Waals surface area (Å²) in [6, 6.07) is 22.7. The molecule has 2 saturated heterocycles. The monoisotopic (exact) mass is 704 g/mol. The summed E-state index contributed by atoms with van der Waals surface area (Å²) in [5, 5.41) is 6.88. The van der Waals surface area contributed by atoms with E-state index < -0.39 is 0 Å². The third-order valence-corrected chi connectivity index (χ3v) is 10.4. The molecule has 6 aromatic rings. The highest BCUT2D eigenvalue weighted by Gasteiger charge is 2.24. The van der Waals surface area contributed by atoms with Gasteiger partial charge in [-0.1, -0.05) is 71.7 Å². The van der Waals surface area contributed by atoms with Gasteiger partial charge in [-0.25, -0.2) is 9.97 Å². The number of rotatable bonds is 7. The number of aromatic nitrogens is 4. The largest absolute Gasteiger partial charge is 0.352 e. The Labute approximate surface area is 295 Å². The zero-order valence-corrected chi connectivity index (χ0v) is 28.2. The van der Waals surface area contributed by atoms with Crippen molar-refractivity contribution in [2.45, 2.75) is 50.9 Å². The molecule has 0 spiro atoms. The molecule has 2 aliphatic rings. The Bertz CT molecular complexity index is 2320. The summed E-state index contributed by atoms with van der Waals surface area (Å²) in [4.78, 5) is 57.8. The van der Waals surface area contributed by atoms with Crippen molar-refractivity contribution in [3.8, 4) is 33.4 Å². The van der Waals surface area contributed by atoms with Gasteiger partial charge in [-0.3, -0.25) is 19.2 Å². The average Bonchev–Trinajstić information content (AvgIpc) is 3.73. The second-order valence-electron chi connectivity index (χ2n) is 12.8. The van der Waals surface area contributed by atoms with Crippen LogP contribution in [0.15, 0.2) is 94.8 Å². The van der Waals surface area contributed by atoms with E-state index >= 15 is 0 Å². The lowest BCUT2D eigenvalue weighted by molar-refractivity contribution is -0.120. The number of nitrogens with zero attached hydrogens (tertiary/aromatic N) is 4. The van der Waals surface area contributed by atoms with E-state index in [-0.39, 0.29) is 35.0 Å². The van der Waals surface area contributed by atoms with E-state index in [1.54, 1.807) is 9.13 Å². The number of nitrogens with one attached hydrogen (secondary N) is 2. The van der Waals surface area contributed by atoms with Crippen molar-refractivity contribution >= 4 is 57.1 Å². The zero-order chi connectivity index (χ0) is 34.5. The zero-order valence-electron chi connectivity index (χ0n) is 26.7. The number of amides is 2. The van der Waals surface area contributed by atoms with Crippen LogP contribution in [-0.4, -0.2) is 43.0 Å². The van der Waals surface area contributed by atoms with Gasteiger partial charge in [0.2, 0.25) is 11.8 Å². The normalized spacial score (nSPS) is 17.4. The molecule has 0 unspecified atom stereocenters. The van der Waals surface area contributed by atoms with Crippen LogP contribution in [0.2, 0.25) is 10.0 Å². The summed E-state index contributed by atoms with van der Waals surface area (Å²) in [5.74, 6) is -0.00382. The van der Waals surface area contributed by atoms with Crippen LogP contribution >= 0.6 is 23.2 Å². The topological polar surface area (TPSA) is 128 Å². The van der Waals surface area contributed by atoms with E-state index in [1.807, 2.05) is 72.8 Å². The van der Waals surface area contributed by atoms with Gasteiger partial charge in [0.1, 0.15) is 0 Å². The molecule has 2 aliphatic heterocycles. The van der Waals surface area contributed by atoms with Crippen LogP contribution in [0.3, 0.4) is 0 Å². The minimum atomic E-state index is -0.225. The van der Waals surface area contributed by atoms with Crippen LogP contribution in [0.1, 0.15) is 25.7 Å². The van der Waals surface area contributed by atoms with Gasteiger partial charge in [-0.15, -0.1) is 0 Å². The first kappa shape index (κ1) is 31.9. The highest BCUT2D eigenvalue weighted by molar-refractivity contribution is 6.39. The first-order chi connectivity index (χ1) is 24.2. The Morgan fingerprint density at radius 3 is 1.42 bits per heavy atom. The maximum atomic E-state index is 12.8. The first-order valence-electron chi connectivity index (χ1n) is 16.4. The van der Waals surface area contributed by atoms with Crippen molar-refractivity contribution in [1.29, 1.82) is 0 Å². The molecule has 0 bridgehead atoms. The lowest BCUT2D eigenvalue weighted by atomic mass is 9.95. The maximum absolute atomic E-state index is 12.8. The Hall–Kier alpha value is -5.32. The predicted octanol–water partition coefficient (Wildman–Crippen LogP) is 5.97. The van der Waals surface area contributed by atoms with E-state index in [4.69, 9.17) is 23.2 Å². The van der Waals surface area contributed by atoms with Crippen molar-refractivity contribution in [2.75, 3.05) is 0 Å². The van der Waals surface area contributed by atoms with Gasteiger partial charge in [0.05, 0.1) is 44.5 Å². The number of benzene rings is 4. The SMILES string of the molecule is O=C1CC[C@@H](Cn2c(=O)cnc3cc(-c4cccc(-c5cccc(-c6ccc7c(c6)ncc(=O)n7C[C@@H]6CCC(=O)N6)c5Cl)c4Cl)ccc32)N1. The number of hydrogen-bond acceptors (Lipinski definition) is 6. The molecule has 4 heterocycles. The third kappa shape index (κ3) is 5.84. The minimum Gasteiger partial charge on any atom is -0.352 e. The summed E-state index contributed by atoms with van der Waals surface area (Å²) in [7, 11) is 0. The summed E-state index contributed by atoms with van der Waals surface area (Å²) in [6.45, 7) is 0.752. The van der Waals surface area contributed by atoms with Gasteiger partial charge < -0.3 is 19.8 Å². The highest BCUT2D eigenvalue weighted by Crippen LogP contribution is 2.43. The third-order valence-electron chi connectivity index (χ3n) is 9.58.